The highest BCUT2D eigenvalue weighted by Gasteiger charge is 2.41. The lowest BCUT2D eigenvalue weighted by Gasteiger charge is -2.29. The van der Waals surface area contributed by atoms with Gasteiger partial charge in [-0.25, -0.2) is 4.79 Å². The topological polar surface area (TPSA) is 90.5 Å². The minimum absolute atomic E-state index is 0.159. The fourth-order valence-corrected chi connectivity index (χ4v) is 2.19. The minimum Gasteiger partial charge on any atom is -0.333 e. The predicted molar refractivity (Wildman–Crippen MR) is 63.2 cm³/mol. The summed E-state index contributed by atoms with van der Waals surface area (Å²) in [5.41, 5.74) is 4.73. The van der Waals surface area contributed by atoms with Crippen LogP contribution in [0.25, 0.3) is 0 Å². The molecule has 100 valence electrons. The highest BCUT2D eigenvalue weighted by Crippen LogP contribution is 2.22. The zero-order chi connectivity index (χ0) is 13.3. The Bertz CT molecular complexity index is 382. The predicted octanol–water partition coefficient (Wildman–Crippen LogP) is -0.654. The third kappa shape index (κ3) is 2.39. The standard InChI is InChI=1S/C11H18N4O3/c1-6(2)9(16)13-14-10(17)8-4-3-7-5-15(8)11(18)12-7/h6-8H,3-5H2,1-2H3,(H,12,18)(H,13,16)(H,14,17). The second-order valence-corrected chi connectivity index (χ2v) is 5.03. The summed E-state index contributed by atoms with van der Waals surface area (Å²) in [4.78, 5) is 36.3. The van der Waals surface area contributed by atoms with E-state index in [1.165, 1.54) is 4.90 Å². The van der Waals surface area contributed by atoms with Crippen LogP contribution >= 0.6 is 0 Å². The summed E-state index contributed by atoms with van der Waals surface area (Å²) in [5, 5.41) is 2.80. The maximum atomic E-state index is 11.9. The Hall–Kier alpha value is -1.79. The van der Waals surface area contributed by atoms with Gasteiger partial charge in [0.25, 0.3) is 5.91 Å². The van der Waals surface area contributed by atoms with Gasteiger partial charge in [-0.05, 0) is 12.8 Å². The second-order valence-electron chi connectivity index (χ2n) is 5.03. The fourth-order valence-electron chi connectivity index (χ4n) is 2.19. The molecule has 0 saturated carbocycles. The van der Waals surface area contributed by atoms with Crippen molar-refractivity contribution in [2.45, 2.75) is 38.8 Å². The number of hydrogen-bond donors (Lipinski definition) is 3. The van der Waals surface area contributed by atoms with E-state index in [1.807, 2.05) is 0 Å². The normalized spacial score (nSPS) is 25.9. The quantitative estimate of drug-likeness (QED) is 0.572. The van der Waals surface area contributed by atoms with Crippen LogP contribution in [0.1, 0.15) is 26.7 Å². The number of rotatable bonds is 2. The van der Waals surface area contributed by atoms with E-state index in [0.717, 1.165) is 6.42 Å². The molecule has 2 heterocycles. The summed E-state index contributed by atoms with van der Waals surface area (Å²) in [5.74, 6) is -0.779. The van der Waals surface area contributed by atoms with Gasteiger partial charge in [0.05, 0.1) is 0 Å². The zero-order valence-electron chi connectivity index (χ0n) is 10.5. The van der Waals surface area contributed by atoms with E-state index in [9.17, 15) is 14.4 Å². The van der Waals surface area contributed by atoms with E-state index in [1.54, 1.807) is 13.8 Å². The molecular weight excluding hydrogens is 236 g/mol. The van der Waals surface area contributed by atoms with Crippen molar-refractivity contribution in [2.24, 2.45) is 5.92 Å². The first kappa shape index (κ1) is 12.7. The molecule has 4 amide bonds. The van der Waals surface area contributed by atoms with Crippen molar-refractivity contribution >= 4 is 17.8 Å². The van der Waals surface area contributed by atoms with Crippen LogP contribution in [-0.2, 0) is 9.59 Å². The number of hydrazine groups is 1. The molecule has 0 radical (unpaired) electrons. The lowest BCUT2D eigenvalue weighted by Crippen LogP contribution is -2.54. The molecule has 0 spiro atoms. The number of nitrogens with one attached hydrogen (secondary N) is 3. The van der Waals surface area contributed by atoms with E-state index >= 15 is 0 Å². The highest BCUT2D eigenvalue weighted by atomic mass is 16.2. The Labute approximate surface area is 105 Å². The van der Waals surface area contributed by atoms with Crippen LogP contribution in [0.15, 0.2) is 0 Å². The third-order valence-electron chi connectivity index (χ3n) is 3.31. The zero-order valence-corrected chi connectivity index (χ0v) is 10.5. The Morgan fingerprint density at radius 3 is 2.72 bits per heavy atom. The van der Waals surface area contributed by atoms with Crippen LogP contribution < -0.4 is 16.2 Å². The van der Waals surface area contributed by atoms with Gasteiger partial charge in [0.15, 0.2) is 0 Å². The number of urea groups is 1. The van der Waals surface area contributed by atoms with Crippen molar-refractivity contribution in [1.82, 2.24) is 21.1 Å². The molecule has 2 fully saturated rings. The van der Waals surface area contributed by atoms with E-state index in [0.29, 0.717) is 13.0 Å². The highest BCUT2D eigenvalue weighted by molar-refractivity contribution is 5.90. The summed E-state index contributed by atoms with van der Waals surface area (Å²) in [6, 6.07) is -0.532. The molecule has 2 aliphatic heterocycles. The van der Waals surface area contributed by atoms with Gasteiger partial charge in [0, 0.05) is 18.5 Å². The molecule has 2 unspecified atom stereocenters. The first-order valence-corrected chi connectivity index (χ1v) is 6.16. The molecule has 2 aliphatic rings. The van der Waals surface area contributed by atoms with Gasteiger partial charge in [-0.15, -0.1) is 0 Å². The summed E-state index contributed by atoms with van der Waals surface area (Å²) in [7, 11) is 0. The van der Waals surface area contributed by atoms with Crippen molar-refractivity contribution in [3.63, 3.8) is 0 Å². The SMILES string of the molecule is CC(C)C(=O)NNC(=O)C1CCC2CN1C(=O)N2. The molecule has 0 aromatic rings. The number of nitrogens with zero attached hydrogens (tertiary/aromatic N) is 1. The molecule has 2 saturated heterocycles. The Morgan fingerprint density at radius 1 is 1.33 bits per heavy atom. The number of amides is 4. The number of hydrogen-bond acceptors (Lipinski definition) is 3. The largest absolute Gasteiger partial charge is 0.333 e. The first-order chi connectivity index (χ1) is 8.49. The second kappa shape index (κ2) is 4.83. The third-order valence-corrected chi connectivity index (χ3v) is 3.31. The molecule has 0 aromatic carbocycles. The number of carbonyl (C=O) groups is 3. The van der Waals surface area contributed by atoms with Crippen molar-refractivity contribution in [1.29, 1.82) is 0 Å². The van der Waals surface area contributed by atoms with Crippen LogP contribution in [0.4, 0.5) is 4.79 Å². The summed E-state index contributed by atoms with van der Waals surface area (Å²) in [6.07, 6.45) is 1.41. The van der Waals surface area contributed by atoms with Gasteiger partial charge < -0.3 is 10.2 Å². The monoisotopic (exact) mass is 254 g/mol. The summed E-state index contributed by atoms with van der Waals surface area (Å²) >= 11 is 0. The van der Waals surface area contributed by atoms with E-state index in [2.05, 4.69) is 16.2 Å². The van der Waals surface area contributed by atoms with E-state index in [4.69, 9.17) is 0 Å². The molecule has 18 heavy (non-hydrogen) atoms. The fraction of sp³-hybridized carbons (Fsp3) is 0.727. The van der Waals surface area contributed by atoms with Crippen molar-refractivity contribution in [2.75, 3.05) is 6.54 Å². The molecule has 2 bridgehead atoms. The van der Waals surface area contributed by atoms with Crippen molar-refractivity contribution in [3.05, 3.63) is 0 Å². The summed E-state index contributed by atoms with van der Waals surface area (Å²) < 4.78 is 0. The maximum absolute atomic E-state index is 11.9. The number of piperidine rings is 1. The van der Waals surface area contributed by atoms with Crippen LogP contribution in [0.2, 0.25) is 0 Å². The van der Waals surface area contributed by atoms with Gasteiger partial charge in [0.1, 0.15) is 6.04 Å². The molecule has 7 heteroatoms. The van der Waals surface area contributed by atoms with Gasteiger partial charge in [-0.2, -0.15) is 0 Å². The molecule has 3 N–H and O–H groups in total. The van der Waals surface area contributed by atoms with Crippen LogP contribution in [0.3, 0.4) is 0 Å². The molecule has 0 aromatic heterocycles. The van der Waals surface area contributed by atoms with Crippen molar-refractivity contribution in [3.8, 4) is 0 Å². The lowest BCUT2D eigenvalue weighted by molar-refractivity contribution is -0.133. The van der Waals surface area contributed by atoms with Gasteiger partial charge in [-0.3, -0.25) is 20.4 Å². The van der Waals surface area contributed by atoms with E-state index in [-0.39, 0.29) is 29.8 Å². The average molecular weight is 254 g/mol. The van der Waals surface area contributed by atoms with Gasteiger partial charge in [-0.1, -0.05) is 13.8 Å². The minimum atomic E-state index is -0.490. The molecule has 7 nitrogen and oxygen atoms in total. The smallest absolute Gasteiger partial charge is 0.318 e. The van der Waals surface area contributed by atoms with Crippen LogP contribution in [-0.4, -0.2) is 41.4 Å². The summed E-state index contributed by atoms with van der Waals surface area (Å²) in [6.45, 7) is 4.04. The van der Waals surface area contributed by atoms with Gasteiger partial charge >= 0.3 is 6.03 Å². The lowest BCUT2D eigenvalue weighted by atomic mass is 10.0. The maximum Gasteiger partial charge on any atom is 0.318 e. The number of carbonyl (C=O) groups excluding carboxylic acids is 3. The Kier molecular flexibility index (Phi) is 3.40. The molecule has 0 aliphatic carbocycles. The Morgan fingerprint density at radius 2 is 2.06 bits per heavy atom. The molecule has 2 atom stereocenters. The first-order valence-electron chi connectivity index (χ1n) is 6.16. The molecular formula is C11H18N4O3. The van der Waals surface area contributed by atoms with Gasteiger partial charge in [0.2, 0.25) is 5.91 Å². The van der Waals surface area contributed by atoms with Crippen LogP contribution in [0.5, 0.6) is 0 Å². The average Bonchev–Trinajstić information content (AvgIpc) is 2.61. The van der Waals surface area contributed by atoms with E-state index < -0.39 is 6.04 Å². The molecule has 2 rings (SSSR count). The van der Waals surface area contributed by atoms with Crippen molar-refractivity contribution < 1.29 is 14.4 Å². The number of fused-ring (bicyclic) bond motifs is 2. The van der Waals surface area contributed by atoms with Crippen LogP contribution in [0, 0.1) is 5.92 Å². The Balaban J connectivity index is 1.89.